The lowest BCUT2D eigenvalue weighted by atomic mass is 9.97. The van der Waals surface area contributed by atoms with Crippen molar-refractivity contribution < 1.29 is 9.90 Å². The maximum absolute atomic E-state index is 10.8. The summed E-state index contributed by atoms with van der Waals surface area (Å²) in [7, 11) is 0. The molecule has 16 heavy (non-hydrogen) atoms. The van der Waals surface area contributed by atoms with Gasteiger partial charge in [-0.2, -0.15) is 0 Å². The van der Waals surface area contributed by atoms with Crippen molar-refractivity contribution in [2.24, 2.45) is 5.92 Å². The predicted octanol–water partition coefficient (Wildman–Crippen LogP) is 1.57. The van der Waals surface area contributed by atoms with Gasteiger partial charge in [0.1, 0.15) is 0 Å². The number of piperidine rings is 1. The highest BCUT2D eigenvalue weighted by Gasteiger charge is 2.24. The summed E-state index contributed by atoms with van der Waals surface area (Å²) in [6.45, 7) is 1.58. The highest BCUT2D eigenvalue weighted by atomic mass is 16.4. The summed E-state index contributed by atoms with van der Waals surface area (Å²) >= 11 is 0. The van der Waals surface area contributed by atoms with Gasteiger partial charge in [-0.1, -0.05) is 6.07 Å². The van der Waals surface area contributed by atoms with Gasteiger partial charge in [-0.05, 0) is 31.0 Å². The van der Waals surface area contributed by atoms with Crippen LogP contribution < -0.4 is 10.6 Å². The zero-order valence-corrected chi connectivity index (χ0v) is 9.10. The van der Waals surface area contributed by atoms with Crippen LogP contribution in [0.25, 0.3) is 0 Å². The summed E-state index contributed by atoms with van der Waals surface area (Å²) < 4.78 is 0. The standard InChI is InChI=1S/C12H16N2O2/c13-10-2-1-3-11(8-10)14-6-4-9(5-7-14)12(15)16/h1-3,8-9H,4-7,13H2,(H,15,16). The van der Waals surface area contributed by atoms with Crippen molar-refractivity contribution in [1.29, 1.82) is 0 Å². The fourth-order valence-electron chi connectivity index (χ4n) is 2.11. The zero-order valence-electron chi connectivity index (χ0n) is 9.10. The molecule has 1 aliphatic heterocycles. The van der Waals surface area contributed by atoms with E-state index in [4.69, 9.17) is 10.8 Å². The molecule has 1 aromatic carbocycles. The smallest absolute Gasteiger partial charge is 0.306 e. The van der Waals surface area contributed by atoms with Gasteiger partial charge in [-0.25, -0.2) is 0 Å². The molecule has 0 atom stereocenters. The maximum atomic E-state index is 10.8. The number of aliphatic carboxylic acids is 1. The Morgan fingerprint density at radius 2 is 2.06 bits per heavy atom. The summed E-state index contributed by atoms with van der Waals surface area (Å²) in [5.74, 6) is -0.857. The van der Waals surface area contributed by atoms with Gasteiger partial charge in [0.25, 0.3) is 0 Å². The lowest BCUT2D eigenvalue weighted by molar-refractivity contribution is -0.142. The normalized spacial score (nSPS) is 17.4. The SMILES string of the molecule is Nc1cccc(N2CCC(C(=O)O)CC2)c1. The molecule has 0 aromatic heterocycles. The monoisotopic (exact) mass is 220 g/mol. The first-order chi connectivity index (χ1) is 7.66. The summed E-state index contributed by atoms with van der Waals surface area (Å²) in [6.07, 6.45) is 1.42. The number of rotatable bonds is 2. The van der Waals surface area contributed by atoms with Crippen molar-refractivity contribution in [3.05, 3.63) is 24.3 Å². The number of anilines is 2. The van der Waals surface area contributed by atoms with E-state index in [1.807, 2.05) is 24.3 Å². The molecular formula is C12H16N2O2. The van der Waals surface area contributed by atoms with Gasteiger partial charge < -0.3 is 15.7 Å². The summed E-state index contributed by atoms with van der Waals surface area (Å²) in [6, 6.07) is 7.72. The highest BCUT2D eigenvalue weighted by molar-refractivity contribution is 5.70. The van der Waals surface area contributed by atoms with E-state index in [9.17, 15) is 4.79 Å². The third-order valence-corrected chi connectivity index (χ3v) is 3.08. The van der Waals surface area contributed by atoms with Crippen molar-refractivity contribution in [3.8, 4) is 0 Å². The van der Waals surface area contributed by atoms with Gasteiger partial charge in [0, 0.05) is 24.5 Å². The number of carbonyl (C=O) groups is 1. The Bertz CT molecular complexity index is 384. The first-order valence-corrected chi connectivity index (χ1v) is 5.50. The topological polar surface area (TPSA) is 66.6 Å². The fraction of sp³-hybridized carbons (Fsp3) is 0.417. The number of hydrogen-bond donors (Lipinski definition) is 2. The summed E-state index contributed by atoms with van der Waals surface area (Å²) in [5, 5.41) is 8.90. The molecule has 1 heterocycles. The molecule has 1 aliphatic rings. The summed E-state index contributed by atoms with van der Waals surface area (Å²) in [4.78, 5) is 13.0. The van der Waals surface area contributed by atoms with Gasteiger partial charge in [0.05, 0.1) is 5.92 Å². The quantitative estimate of drug-likeness (QED) is 0.742. The molecule has 86 valence electrons. The Hall–Kier alpha value is -1.71. The van der Waals surface area contributed by atoms with Crippen molar-refractivity contribution in [2.75, 3.05) is 23.7 Å². The lowest BCUT2D eigenvalue weighted by Crippen LogP contribution is -2.36. The molecule has 0 spiro atoms. The molecule has 0 aliphatic carbocycles. The average Bonchev–Trinajstić information content (AvgIpc) is 2.29. The first kappa shape index (κ1) is 10.8. The van der Waals surface area contributed by atoms with E-state index in [0.29, 0.717) is 12.8 Å². The molecule has 2 rings (SSSR count). The average molecular weight is 220 g/mol. The van der Waals surface area contributed by atoms with Crippen LogP contribution in [0.5, 0.6) is 0 Å². The van der Waals surface area contributed by atoms with Crippen LogP contribution in [0.2, 0.25) is 0 Å². The Kier molecular flexibility index (Phi) is 2.99. The molecule has 0 saturated carbocycles. The van der Waals surface area contributed by atoms with E-state index >= 15 is 0 Å². The molecular weight excluding hydrogens is 204 g/mol. The van der Waals surface area contributed by atoms with Crippen LogP contribution in [0.3, 0.4) is 0 Å². The van der Waals surface area contributed by atoms with E-state index in [0.717, 1.165) is 24.5 Å². The van der Waals surface area contributed by atoms with Gasteiger partial charge >= 0.3 is 5.97 Å². The van der Waals surface area contributed by atoms with Gasteiger partial charge in [-0.3, -0.25) is 4.79 Å². The van der Waals surface area contributed by atoms with E-state index < -0.39 is 5.97 Å². The van der Waals surface area contributed by atoms with Crippen molar-refractivity contribution in [2.45, 2.75) is 12.8 Å². The molecule has 0 radical (unpaired) electrons. The first-order valence-electron chi connectivity index (χ1n) is 5.50. The van der Waals surface area contributed by atoms with Gasteiger partial charge in [0.2, 0.25) is 0 Å². The van der Waals surface area contributed by atoms with Crippen molar-refractivity contribution in [3.63, 3.8) is 0 Å². The number of hydrogen-bond acceptors (Lipinski definition) is 3. The number of carboxylic acid groups (broad SMARTS) is 1. The lowest BCUT2D eigenvalue weighted by Gasteiger charge is -2.32. The second kappa shape index (κ2) is 4.43. The second-order valence-electron chi connectivity index (χ2n) is 4.19. The van der Waals surface area contributed by atoms with Crippen LogP contribution in [-0.4, -0.2) is 24.2 Å². The molecule has 1 aromatic rings. The number of benzene rings is 1. The third kappa shape index (κ3) is 2.27. The number of nitrogens with two attached hydrogens (primary N) is 1. The fourth-order valence-corrected chi connectivity index (χ4v) is 2.11. The van der Waals surface area contributed by atoms with E-state index in [1.54, 1.807) is 0 Å². The molecule has 1 fully saturated rings. The molecule has 0 amide bonds. The second-order valence-corrected chi connectivity index (χ2v) is 4.19. The van der Waals surface area contributed by atoms with Crippen LogP contribution in [0, 0.1) is 5.92 Å². The Morgan fingerprint density at radius 1 is 1.38 bits per heavy atom. The number of nitrogen functional groups attached to an aromatic ring is 1. The van der Waals surface area contributed by atoms with Crippen LogP contribution >= 0.6 is 0 Å². The number of carboxylic acids is 1. The molecule has 3 N–H and O–H groups in total. The van der Waals surface area contributed by atoms with Crippen molar-refractivity contribution in [1.82, 2.24) is 0 Å². The predicted molar refractivity (Wildman–Crippen MR) is 63.4 cm³/mol. The third-order valence-electron chi connectivity index (χ3n) is 3.08. The zero-order chi connectivity index (χ0) is 11.5. The van der Waals surface area contributed by atoms with Crippen LogP contribution in [-0.2, 0) is 4.79 Å². The van der Waals surface area contributed by atoms with Gasteiger partial charge in [-0.15, -0.1) is 0 Å². The van der Waals surface area contributed by atoms with Crippen LogP contribution in [0.1, 0.15) is 12.8 Å². The Balaban J connectivity index is 2.01. The maximum Gasteiger partial charge on any atom is 0.306 e. The van der Waals surface area contributed by atoms with Gasteiger partial charge in [0.15, 0.2) is 0 Å². The number of nitrogens with zero attached hydrogens (tertiary/aromatic N) is 1. The largest absolute Gasteiger partial charge is 0.481 e. The van der Waals surface area contributed by atoms with E-state index in [1.165, 1.54) is 0 Å². The Morgan fingerprint density at radius 3 is 2.62 bits per heavy atom. The minimum atomic E-state index is -0.674. The van der Waals surface area contributed by atoms with E-state index in [-0.39, 0.29) is 5.92 Å². The molecule has 0 bridgehead atoms. The molecule has 0 unspecified atom stereocenters. The molecule has 4 heteroatoms. The summed E-state index contributed by atoms with van der Waals surface area (Å²) in [5.41, 5.74) is 7.55. The van der Waals surface area contributed by atoms with E-state index in [2.05, 4.69) is 4.90 Å². The molecule has 4 nitrogen and oxygen atoms in total. The van der Waals surface area contributed by atoms with Crippen molar-refractivity contribution >= 4 is 17.3 Å². The minimum Gasteiger partial charge on any atom is -0.481 e. The van der Waals surface area contributed by atoms with Crippen LogP contribution in [0.15, 0.2) is 24.3 Å². The molecule has 1 saturated heterocycles. The highest BCUT2D eigenvalue weighted by Crippen LogP contribution is 2.24. The van der Waals surface area contributed by atoms with Crippen LogP contribution in [0.4, 0.5) is 11.4 Å². The minimum absolute atomic E-state index is 0.183. The Labute approximate surface area is 94.7 Å².